The maximum Gasteiger partial charge on any atom is 0.207 e. The summed E-state index contributed by atoms with van der Waals surface area (Å²) in [7, 11) is 0. The number of halogens is 4. The third-order valence-corrected chi connectivity index (χ3v) is 5.36. The van der Waals surface area contributed by atoms with E-state index in [2.05, 4.69) is 9.97 Å². The lowest BCUT2D eigenvalue weighted by Gasteiger charge is -2.34. The minimum absolute atomic E-state index is 0.260. The summed E-state index contributed by atoms with van der Waals surface area (Å²) in [6.07, 6.45) is 0.705. The van der Waals surface area contributed by atoms with Gasteiger partial charge in [0.2, 0.25) is 5.95 Å². The van der Waals surface area contributed by atoms with Gasteiger partial charge in [0.25, 0.3) is 0 Å². The van der Waals surface area contributed by atoms with Crippen molar-refractivity contribution in [3.63, 3.8) is 0 Å². The van der Waals surface area contributed by atoms with E-state index in [1.807, 2.05) is 11.8 Å². The van der Waals surface area contributed by atoms with Crippen molar-refractivity contribution in [2.75, 3.05) is 18.0 Å². The molecule has 0 amide bonds. The lowest BCUT2D eigenvalue weighted by atomic mass is 10.1. The predicted octanol–water partition coefficient (Wildman–Crippen LogP) is 3.85. The molecule has 2 N–H and O–H groups in total. The Labute approximate surface area is 164 Å². The minimum atomic E-state index is -1.08. The van der Waals surface area contributed by atoms with Crippen LogP contribution in [0.5, 0.6) is 0 Å². The average Bonchev–Trinajstić information content (AvgIpc) is 3.02. The smallest absolute Gasteiger partial charge is 0.207 e. The van der Waals surface area contributed by atoms with Gasteiger partial charge in [0.1, 0.15) is 6.17 Å². The Bertz CT molecular complexity index is 1010. The Balaban J connectivity index is 1.86. The van der Waals surface area contributed by atoms with Crippen molar-refractivity contribution in [3.8, 4) is 0 Å². The Morgan fingerprint density at radius 1 is 1.25 bits per heavy atom. The number of rotatable bonds is 3. The van der Waals surface area contributed by atoms with Crippen molar-refractivity contribution in [3.05, 3.63) is 52.8 Å². The molecule has 28 heavy (non-hydrogen) atoms. The molecule has 0 radical (unpaired) electrons. The fourth-order valence-corrected chi connectivity index (χ4v) is 3.70. The number of pyridine rings is 1. The van der Waals surface area contributed by atoms with Crippen LogP contribution in [0.2, 0.25) is 5.02 Å². The molecule has 3 heterocycles. The molecule has 3 unspecified atom stereocenters. The number of imidazole rings is 1. The van der Waals surface area contributed by atoms with Crippen LogP contribution >= 0.6 is 11.6 Å². The summed E-state index contributed by atoms with van der Waals surface area (Å²) in [6, 6.07) is 4.66. The molecule has 5 nitrogen and oxygen atoms in total. The second-order valence-electron chi connectivity index (χ2n) is 7.03. The van der Waals surface area contributed by atoms with Crippen molar-refractivity contribution >= 4 is 28.6 Å². The number of anilines is 1. The Morgan fingerprint density at radius 2 is 2.00 bits per heavy atom. The van der Waals surface area contributed by atoms with E-state index in [9.17, 15) is 13.2 Å². The molecule has 148 valence electrons. The van der Waals surface area contributed by atoms with Crippen molar-refractivity contribution in [2.45, 2.75) is 31.6 Å². The van der Waals surface area contributed by atoms with Crippen LogP contribution < -0.4 is 10.6 Å². The van der Waals surface area contributed by atoms with Crippen LogP contribution in [0.25, 0.3) is 11.0 Å². The fraction of sp³-hybridized carbons (Fsp3) is 0.368. The summed E-state index contributed by atoms with van der Waals surface area (Å²) in [5.74, 6) is -1.46. The Morgan fingerprint density at radius 3 is 2.68 bits per heavy atom. The van der Waals surface area contributed by atoms with Crippen molar-refractivity contribution < 1.29 is 13.2 Å². The van der Waals surface area contributed by atoms with E-state index < -0.39 is 23.8 Å². The molecule has 0 saturated carbocycles. The zero-order chi connectivity index (χ0) is 20.0. The Hall–Kier alpha value is -2.32. The second kappa shape index (κ2) is 7.25. The molecular weight excluding hydrogens is 391 g/mol. The number of alkyl halides is 1. The van der Waals surface area contributed by atoms with Gasteiger partial charge in [-0.15, -0.1) is 0 Å². The molecule has 1 aliphatic heterocycles. The maximum atomic E-state index is 14.0. The number of hydrogen-bond acceptors (Lipinski definition) is 4. The van der Waals surface area contributed by atoms with E-state index in [-0.39, 0.29) is 19.0 Å². The van der Waals surface area contributed by atoms with Gasteiger partial charge in [-0.2, -0.15) is 0 Å². The normalized spacial score (nSPS) is 21.3. The van der Waals surface area contributed by atoms with Crippen molar-refractivity contribution in [2.24, 2.45) is 5.73 Å². The van der Waals surface area contributed by atoms with Gasteiger partial charge in [0.15, 0.2) is 11.6 Å². The van der Waals surface area contributed by atoms with Crippen molar-refractivity contribution in [1.29, 1.82) is 0 Å². The van der Waals surface area contributed by atoms with E-state index in [1.54, 1.807) is 16.7 Å². The summed E-state index contributed by atoms with van der Waals surface area (Å²) in [6.45, 7) is 2.55. The zero-order valence-electron chi connectivity index (χ0n) is 15.1. The SMILES string of the molecule is CC(c1ccc(Cl)cn1)n1c(N2CCC(F)C(N)C2)nc2cc(F)c(F)cc21. The molecule has 2 aromatic heterocycles. The number of benzene rings is 1. The quantitative estimate of drug-likeness (QED) is 0.713. The van der Waals surface area contributed by atoms with Crippen LogP contribution in [0.3, 0.4) is 0 Å². The van der Waals surface area contributed by atoms with Gasteiger partial charge in [-0.05, 0) is 25.5 Å². The molecule has 1 aromatic carbocycles. The van der Waals surface area contributed by atoms with Crippen LogP contribution in [0.4, 0.5) is 19.1 Å². The highest BCUT2D eigenvalue weighted by Crippen LogP contribution is 2.32. The Kier molecular flexibility index (Phi) is 4.93. The first-order chi connectivity index (χ1) is 13.3. The van der Waals surface area contributed by atoms with Gasteiger partial charge in [-0.1, -0.05) is 11.6 Å². The summed E-state index contributed by atoms with van der Waals surface area (Å²) in [5, 5.41) is 0.496. The van der Waals surface area contributed by atoms with Crippen LogP contribution in [-0.4, -0.2) is 39.8 Å². The van der Waals surface area contributed by atoms with E-state index in [0.717, 1.165) is 12.1 Å². The molecule has 0 bridgehead atoms. The van der Waals surface area contributed by atoms with Crippen LogP contribution in [0, 0.1) is 11.6 Å². The molecule has 0 spiro atoms. The van der Waals surface area contributed by atoms with E-state index in [1.165, 1.54) is 6.20 Å². The number of fused-ring (bicyclic) bond motifs is 1. The number of piperidine rings is 1. The maximum absolute atomic E-state index is 14.0. The second-order valence-corrected chi connectivity index (χ2v) is 7.47. The summed E-state index contributed by atoms with van der Waals surface area (Å²) in [5.41, 5.74) is 7.32. The summed E-state index contributed by atoms with van der Waals surface area (Å²) in [4.78, 5) is 10.7. The highest BCUT2D eigenvalue weighted by Gasteiger charge is 2.31. The number of aromatic nitrogens is 3. The number of hydrogen-bond donors (Lipinski definition) is 1. The highest BCUT2D eigenvalue weighted by molar-refractivity contribution is 6.30. The number of nitrogens with zero attached hydrogens (tertiary/aromatic N) is 4. The molecule has 1 aliphatic rings. The minimum Gasteiger partial charge on any atom is -0.340 e. The fourth-order valence-electron chi connectivity index (χ4n) is 3.58. The molecule has 3 aromatic rings. The largest absolute Gasteiger partial charge is 0.340 e. The first-order valence-electron chi connectivity index (χ1n) is 8.98. The molecule has 0 aliphatic carbocycles. The first-order valence-corrected chi connectivity index (χ1v) is 9.36. The third-order valence-electron chi connectivity index (χ3n) is 5.13. The molecule has 1 saturated heterocycles. The van der Waals surface area contributed by atoms with Gasteiger partial charge in [0.05, 0.1) is 33.8 Å². The molecule has 3 atom stereocenters. The third kappa shape index (κ3) is 3.31. The molecule has 4 rings (SSSR count). The van der Waals surface area contributed by atoms with E-state index in [0.29, 0.717) is 34.2 Å². The van der Waals surface area contributed by atoms with Crippen LogP contribution in [-0.2, 0) is 0 Å². The molecule has 1 fully saturated rings. The topological polar surface area (TPSA) is 60.0 Å². The summed E-state index contributed by atoms with van der Waals surface area (Å²) >= 11 is 5.93. The first kappa shape index (κ1) is 19.0. The summed E-state index contributed by atoms with van der Waals surface area (Å²) < 4.78 is 43.4. The predicted molar refractivity (Wildman–Crippen MR) is 102 cm³/mol. The van der Waals surface area contributed by atoms with Crippen molar-refractivity contribution in [1.82, 2.24) is 14.5 Å². The monoisotopic (exact) mass is 409 g/mol. The van der Waals surface area contributed by atoms with Crippen LogP contribution in [0.15, 0.2) is 30.5 Å². The van der Waals surface area contributed by atoms with Gasteiger partial charge < -0.3 is 15.2 Å². The van der Waals surface area contributed by atoms with Gasteiger partial charge in [-0.25, -0.2) is 18.2 Å². The highest BCUT2D eigenvalue weighted by atomic mass is 35.5. The standard InChI is InChI=1S/C19H19ClF3N5/c1-10(16-3-2-11(20)8-25-16)28-18-7-14(23)13(22)6-17(18)26-19(28)27-5-4-12(21)15(24)9-27/h2-3,6-8,10,12,15H,4-5,9,24H2,1H3. The lowest BCUT2D eigenvalue weighted by molar-refractivity contribution is 0.243. The average molecular weight is 410 g/mol. The lowest BCUT2D eigenvalue weighted by Crippen LogP contribution is -2.50. The number of nitrogens with two attached hydrogens (primary N) is 1. The van der Waals surface area contributed by atoms with Gasteiger partial charge in [-0.3, -0.25) is 4.98 Å². The van der Waals surface area contributed by atoms with E-state index >= 15 is 0 Å². The van der Waals surface area contributed by atoms with E-state index in [4.69, 9.17) is 17.3 Å². The zero-order valence-corrected chi connectivity index (χ0v) is 15.9. The molecular formula is C19H19ClF3N5. The molecule has 9 heteroatoms. The van der Waals surface area contributed by atoms with Gasteiger partial charge in [0, 0.05) is 31.4 Å². The van der Waals surface area contributed by atoms with Crippen LogP contribution in [0.1, 0.15) is 25.1 Å². The van der Waals surface area contributed by atoms with Gasteiger partial charge >= 0.3 is 0 Å².